The predicted octanol–water partition coefficient (Wildman–Crippen LogP) is 4.30. The number of anilines is 3. The molecule has 4 aromatic rings. The van der Waals surface area contributed by atoms with Crippen LogP contribution in [0.2, 0.25) is 0 Å². The third-order valence-corrected chi connectivity index (χ3v) is 8.05. The standard InChI is InChI=1S/C31H36N8O2/c1-38(2)14-15-39-19-22(17-33-39)25-18-32-30(36-28(25)35-27(20-40)21-8-4-3-5-9-21)34-23-10-11-24-26(16-23)31(37-29(24)41)12-6-7-13-31/h3-5,8-11,16-19,27,40H,6-7,12-15,20H2,1-2H3,(H,37,41)(H2,32,34,35,36)/t27-/m1/s1. The van der Waals surface area contributed by atoms with Crippen molar-refractivity contribution in [2.75, 3.05) is 37.9 Å². The van der Waals surface area contributed by atoms with Gasteiger partial charge in [0.25, 0.3) is 5.91 Å². The Kier molecular flexibility index (Phi) is 7.42. The fraction of sp³-hybridized carbons (Fsp3) is 0.355. The van der Waals surface area contributed by atoms with Crippen LogP contribution in [-0.4, -0.2) is 62.9 Å². The molecule has 212 valence electrons. The summed E-state index contributed by atoms with van der Waals surface area (Å²) in [5.74, 6) is 1.00. The van der Waals surface area contributed by atoms with Gasteiger partial charge in [-0.2, -0.15) is 10.1 Å². The number of fused-ring (bicyclic) bond motifs is 2. The SMILES string of the molecule is CN(C)CCn1cc(-c2cnc(Nc3ccc4c(c3)C3(CCCC3)NC4=O)nc2N[C@H](CO)c2ccccc2)cn1. The molecule has 41 heavy (non-hydrogen) atoms. The van der Waals surface area contributed by atoms with Crippen LogP contribution < -0.4 is 16.0 Å². The number of aromatic nitrogens is 4. The molecular weight excluding hydrogens is 516 g/mol. The molecule has 0 unspecified atom stereocenters. The second-order valence-corrected chi connectivity index (χ2v) is 11.2. The van der Waals surface area contributed by atoms with Crippen LogP contribution in [0.5, 0.6) is 0 Å². The second-order valence-electron chi connectivity index (χ2n) is 11.2. The third kappa shape index (κ3) is 5.53. The van der Waals surface area contributed by atoms with Crippen molar-refractivity contribution >= 4 is 23.4 Å². The Bertz CT molecular complexity index is 1530. The van der Waals surface area contributed by atoms with Gasteiger partial charge in [-0.3, -0.25) is 9.48 Å². The summed E-state index contributed by atoms with van der Waals surface area (Å²) in [6.07, 6.45) is 9.71. The smallest absolute Gasteiger partial charge is 0.252 e. The number of rotatable bonds is 10. The maximum absolute atomic E-state index is 12.6. The number of carbonyl (C=O) groups is 1. The molecule has 1 saturated carbocycles. The average Bonchev–Trinajstić information content (AvgIpc) is 3.71. The first kappa shape index (κ1) is 26.9. The lowest BCUT2D eigenvalue weighted by molar-refractivity contribution is 0.0931. The molecule has 3 heterocycles. The molecular formula is C31H36N8O2. The van der Waals surface area contributed by atoms with E-state index in [2.05, 4.69) is 37.0 Å². The fourth-order valence-corrected chi connectivity index (χ4v) is 5.85. The summed E-state index contributed by atoms with van der Waals surface area (Å²) in [5.41, 5.74) is 4.98. The van der Waals surface area contributed by atoms with Gasteiger partial charge in [0, 0.05) is 41.3 Å². The molecule has 1 atom stereocenters. The number of nitrogens with zero attached hydrogens (tertiary/aromatic N) is 5. The van der Waals surface area contributed by atoms with Crippen molar-refractivity contribution in [1.29, 1.82) is 0 Å². The predicted molar refractivity (Wildman–Crippen MR) is 159 cm³/mol. The highest BCUT2D eigenvalue weighted by Crippen LogP contribution is 2.45. The summed E-state index contributed by atoms with van der Waals surface area (Å²) >= 11 is 0. The zero-order valence-corrected chi connectivity index (χ0v) is 23.5. The van der Waals surface area contributed by atoms with Crippen LogP contribution in [0.15, 0.2) is 67.1 Å². The highest BCUT2D eigenvalue weighted by molar-refractivity contribution is 6.00. The maximum atomic E-state index is 12.6. The largest absolute Gasteiger partial charge is 0.394 e. The molecule has 1 aliphatic heterocycles. The van der Waals surface area contributed by atoms with E-state index in [1.807, 2.05) is 73.6 Å². The Hall–Kier alpha value is -4.28. The lowest BCUT2D eigenvalue weighted by Gasteiger charge is -2.24. The second kappa shape index (κ2) is 11.3. The van der Waals surface area contributed by atoms with Gasteiger partial charge >= 0.3 is 0 Å². The number of benzene rings is 2. The molecule has 2 aliphatic rings. The number of aliphatic hydroxyl groups excluding tert-OH is 1. The van der Waals surface area contributed by atoms with Gasteiger partial charge in [-0.15, -0.1) is 0 Å². The van der Waals surface area contributed by atoms with Gasteiger partial charge in [0.2, 0.25) is 5.95 Å². The Labute approximate surface area is 239 Å². The van der Waals surface area contributed by atoms with Crippen LogP contribution >= 0.6 is 0 Å². The highest BCUT2D eigenvalue weighted by atomic mass is 16.3. The van der Waals surface area contributed by atoms with Crippen molar-refractivity contribution in [1.82, 2.24) is 30.0 Å². The number of amides is 1. The van der Waals surface area contributed by atoms with Crippen LogP contribution in [0, 0.1) is 0 Å². The average molecular weight is 553 g/mol. The normalized spacial score (nSPS) is 16.1. The topological polar surface area (TPSA) is 120 Å². The molecule has 6 rings (SSSR count). The van der Waals surface area contributed by atoms with Crippen molar-refractivity contribution in [2.24, 2.45) is 0 Å². The quantitative estimate of drug-likeness (QED) is 0.230. The number of aliphatic hydroxyl groups is 1. The molecule has 10 heteroatoms. The van der Waals surface area contributed by atoms with Gasteiger partial charge in [0.1, 0.15) is 5.82 Å². The molecule has 1 aliphatic carbocycles. The van der Waals surface area contributed by atoms with E-state index < -0.39 is 0 Å². The summed E-state index contributed by atoms with van der Waals surface area (Å²) in [7, 11) is 4.07. The minimum Gasteiger partial charge on any atom is -0.394 e. The molecule has 10 nitrogen and oxygen atoms in total. The first-order valence-corrected chi connectivity index (χ1v) is 14.2. The van der Waals surface area contributed by atoms with E-state index in [-0.39, 0.29) is 24.1 Å². The van der Waals surface area contributed by atoms with Crippen LogP contribution in [0.3, 0.4) is 0 Å². The fourth-order valence-electron chi connectivity index (χ4n) is 5.85. The van der Waals surface area contributed by atoms with E-state index in [0.29, 0.717) is 11.8 Å². The van der Waals surface area contributed by atoms with Gasteiger partial charge in [-0.05, 0) is 56.3 Å². The zero-order chi connectivity index (χ0) is 28.4. The number of hydrogen-bond acceptors (Lipinski definition) is 8. The van der Waals surface area contributed by atoms with E-state index in [1.165, 1.54) is 0 Å². The summed E-state index contributed by atoms with van der Waals surface area (Å²) in [6, 6.07) is 15.3. The van der Waals surface area contributed by atoms with Crippen molar-refractivity contribution in [3.05, 3.63) is 83.8 Å². The number of hydrogen-bond donors (Lipinski definition) is 4. The minimum atomic E-state index is -0.360. The molecule has 0 saturated heterocycles. The van der Waals surface area contributed by atoms with E-state index in [9.17, 15) is 9.90 Å². The van der Waals surface area contributed by atoms with Crippen LogP contribution in [0.25, 0.3) is 11.1 Å². The molecule has 2 aromatic carbocycles. The van der Waals surface area contributed by atoms with Gasteiger partial charge < -0.3 is 26.0 Å². The van der Waals surface area contributed by atoms with Crippen LogP contribution in [-0.2, 0) is 12.1 Å². The van der Waals surface area contributed by atoms with Gasteiger partial charge in [0.05, 0.1) is 30.9 Å². The van der Waals surface area contributed by atoms with Gasteiger partial charge in [-0.25, -0.2) is 4.98 Å². The lowest BCUT2D eigenvalue weighted by Crippen LogP contribution is -2.36. The maximum Gasteiger partial charge on any atom is 0.252 e. The monoisotopic (exact) mass is 552 g/mol. The van der Waals surface area contributed by atoms with Gasteiger partial charge in [-0.1, -0.05) is 43.2 Å². The van der Waals surface area contributed by atoms with Crippen LogP contribution in [0.4, 0.5) is 17.5 Å². The first-order chi connectivity index (χ1) is 19.9. The van der Waals surface area contributed by atoms with E-state index in [0.717, 1.165) is 72.3 Å². The number of nitrogens with one attached hydrogen (secondary N) is 3. The van der Waals surface area contributed by atoms with Crippen molar-refractivity contribution in [3.8, 4) is 11.1 Å². The lowest BCUT2D eigenvalue weighted by atomic mass is 9.88. The van der Waals surface area contributed by atoms with Crippen molar-refractivity contribution in [2.45, 2.75) is 43.8 Å². The molecule has 1 spiro atoms. The number of likely N-dealkylation sites (N-methyl/N-ethyl adjacent to an activating group) is 1. The highest BCUT2D eigenvalue weighted by Gasteiger charge is 2.44. The van der Waals surface area contributed by atoms with Gasteiger partial charge in [0.15, 0.2) is 0 Å². The molecule has 1 amide bonds. The first-order valence-electron chi connectivity index (χ1n) is 14.2. The van der Waals surface area contributed by atoms with E-state index in [4.69, 9.17) is 4.98 Å². The molecule has 2 aromatic heterocycles. The number of carbonyl (C=O) groups excluding carboxylic acids is 1. The summed E-state index contributed by atoms with van der Waals surface area (Å²) < 4.78 is 1.91. The Morgan fingerprint density at radius 1 is 1.10 bits per heavy atom. The summed E-state index contributed by atoms with van der Waals surface area (Å²) in [5, 5.41) is 24.8. The van der Waals surface area contributed by atoms with E-state index in [1.54, 1.807) is 6.20 Å². The third-order valence-electron chi connectivity index (χ3n) is 8.05. The Morgan fingerprint density at radius 2 is 1.90 bits per heavy atom. The molecule has 0 radical (unpaired) electrons. The van der Waals surface area contributed by atoms with Crippen molar-refractivity contribution in [3.63, 3.8) is 0 Å². The molecule has 4 N–H and O–H groups in total. The zero-order valence-electron chi connectivity index (χ0n) is 23.5. The summed E-state index contributed by atoms with van der Waals surface area (Å²) in [6.45, 7) is 1.53. The summed E-state index contributed by atoms with van der Waals surface area (Å²) in [4.78, 5) is 24.3. The Balaban J connectivity index is 1.32. The van der Waals surface area contributed by atoms with Crippen molar-refractivity contribution < 1.29 is 9.90 Å². The molecule has 1 fully saturated rings. The van der Waals surface area contributed by atoms with E-state index >= 15 is 0 Å². The Morgan fingerprint density at radius 3 is 2.66 bits per heavy atom. The molecule has 0 bridgehead atoms. The minimum absolute atomic E-state index is 0.00243. The van der Waals surface area contributed by atoms with Crippen LogP contribution in [0.1, 0.15) is 53.2 Å².